The Kier molecular flexibility index (Phi) is 7.27. The minimum atomic E-state index is -0.374. The first kappa shape index (κ1) is 22.0. The number of anilines is 1. The number of carbonyl (C=O) groups is 2. The van der Waals surface area contributed by atoms with Crippen molar-refractivity contribution >= 4 is 17.5 Å². The summed E-state index contributed by atoms with van der Waals surface area (Å²) in [5.41, 5.74) is 4.05. The second kappa shape index (κ2) is 9.90. The second-order valence-electron chi connectivity index (χ2n) is 8.65. The average molecular weight is 408 g/mol. The fourth-order valence-electron chi connectivity index (χ4n) is 4.24. The Balaban J connectivity index is 1.75. The molecule has 0 aliphatic carbocycles. The second-order valence-corrected chi connectivity index (χ2v) is 8.65. The van der Waals surface area contributed by atoms with E-state index in [4.69, 9.17) is 0 Å². The van der Waals surface area contributed by atoms with Crippen molar-refractivity contribution in [1.29, 1.82) is 0 Å². The molecule has 1 saturated heterocycles. The van der Waals surface area contributed by atoms with Crippen molar-refractivity contribution in [3.05, 3.63) is 65.2 Å². The number of carbonyl (C=O) groups excluding carboxylic acids is 2. The molecule has 0 spiro atoms. The highest BCUT2D eigenvalue weighted by molar-refractivity contribution is 5.95. The van der Waals surface area contributed by atoms with E-state index in [0.717, 1.165) is 48.3 Å². The zero-order chi connectivity index (χ0) is 21.7. The third kappa shape index (κ3) is 5.70. The van der Waals surface area contributed by atoms with Gasteiger partial charge in [0.1, 0.15) is 6.04 Å². The van der Waals surface area contributed by atoms with Crippen molar-refractivity contribution in [2.75, 3.05) is 18.4 Å². The summed E-state index contributed by atoms with van der Waals surface area (Å²) < 4.78 is 0. The molecule has 5 nitrogen and oxygen atoms in total. The number of nitrogens with zero attached hydrogens (tertiary/aromatic N) is 1. The maximum atomic E-state index is 13.4. The maximum Gasteiger partial charge on any atom is 0.246 e. The molecule has 2 amide bonds. The summed E-state index contributed by atoms with van der Waals surface area (Å²) in [5.74, 6) is 0.111. The molecule has 0 aromatic heterocycles. The minimum Gasteiger partial charge on any atom is -0.354 e. The monoisotopic (exact) mass is 407 g/mol. The first-order valence-electron chi connectivity index (χ1n) is 10.8. The fraction of sp³-hybridized carbons (Fsp3) is 0.440. The first-order chi connectivity index (χ1) is 14.3. The smallest absolute Gasteiger partial charge is 0.246 e. The third-order valence-electron chi connectivity index (χ3n) is 5.55. The number of hydrogen-bond acceptors (Lipinski definition) is 3. The number of aryl methyl sites for hydroxylation is 2. The molecule has 1 aliphatic heterocycles. The van der Waals surface area contributed by atoms with Crippen LogP contribution in [0.2, 0.25) is 0 Å². The van der Waals surface area contributed by atoms with E-state index in [-0.39, 0.29) is 29.8 Å². The van der Waals surface area contributed by atoms with Crippen LogP contribution in [-0.4, -0.2) is 35.8 Å². The van der Waals surface area contributed by atoms with E-state index >= 15 is 0 Å². The molecule has 1 heterocycles. The van der Waals surface area contributed by atoms with Crippen molar-refractivity contribution in [1.82, 2.24) is 10.2 Å². The summed E-state index contributed by atoms with van der Waals surface area (Å²) in [6.07, 6.45) is 1.53. The van der Waals surface area contributed by atoms with Gasteiger partial charge in [-0.1, -0.05) is 36.4 Å². The van der Waals surface area contributed by atoms with Gasteiger partial charge in [0.15, 0.2) is 0 Å². The highest BCUT2D eigenvalue weighted by Gasteiger charge is 2.33. The van der Waals surface area contributed by atoms with Gasteiger partial charge in [0.2, 0.25) is 11.8 Å². The number of hydrogen-bond donors (Lipinski definition) is 2. The normalized spacial score (nSPS) is 16.3. The SMILES string of the molecule is Cc1cc(C)cc(NC(=O)C(c2ccccc2)N2CCC(C(=O)NC(C)C)CC2)c1. The van der Waals surface area contributed by atoms with Crippen molar-refractivity contribution < 1.29 is 9.59 Å². The fourth-order valence-corrected chi connectivity index (χ4v) is 4.24. The van der Waals surface area contributed by atoms with E-state index in [0.29, 0.717) is 0 Å². The lowest BCUT2D eigenvalue weighted by Crippen LogP contribution is -2.46. The van der Waals surface area contributed by atoms with Crippen molar-refractivity contribution in [3.63, 3.8) is 0 Å². The van der Waals surface area contributed by atoms with Crippen LogP contribution < -0.4 is 10.6 Å². The van der Waals surface area contributed by atoms with Gasteiger partial charge in [0.05, 0.1) is 0 Å². The van der Waals surface area contributed by atoms with E-state index in [9.17, 15) is 9.59 Å². The third-order valence-corrected chi connectivity index (χ3v) is 5.55. The first-order valence-corrected chi connectivity index (χ1v) is 10.8. The summed E-state index contributed by atoms with van der Waals surface area (Å²) in [4.78, 5) is 27.9. The lowest BCUT2D eigenvalue weighted by atomic mass is 9.93. The van der Waals surface area contributed by atoms with Gasteiger partial charge in [-0.15, -0.1) is 0 Å². The number of rotatable bonds is 6. The van der Waals surface area contributed by atoms with Crippen LogP contribution in [0.25, 0.3) is 0 Å². The minimum absolute atomic E-state index is 0.0163. The van der Waals surface area contributed by atoms with Crippen LogP contribution in [0.4, 0.5) is 5.69 Å². The molecule has 2 aromatic rings. The van der Waals surface area contributed by atoms with Crippen molar-refractivity contribution in [2.24, 2.45) is 5.92 Å². The van der Waals surface area contributed by atoms with Crippen LogP contribution in [0.15, 0.2) is 48.5 Å². The quantitative estimate of drug-likeness (QED) is 0.754. The van der Waals surface area contributed by atoms with E-state index < -0.39 is 0 Å². The molecule has 2 aromatic carbocycles. The predicted molar refractivity (Wildman–Crippen MR) is 121 cm³/mol. The highest BCUT2D eigenvalue weighted by atomic mass is 16.2. The van der Waals surface area contributed by atoms with Gasteiger partial charge in [-0.25, -0.2) is 0 Å². The Hall–Kier alpha value is -2.66. The lowest BCUT2D eigenvalue weighted by molar-refractivity contribution is -0.127. The Labute approximate surface area is 179 Å². The highest BCUT2D eigenvalue weighted by Crippen LogP contribution is 2.29. The molecule has 2 N–H and O–H groups in total. The van der Waals surface area contributed by atoms with Gasteiger partial charge >= 0.3 is 0 Å². The molecule has 1 aliphatic rings. The van der Waals surface area contributed by atoms with E-state index in [1.807, 2.05) is 70.2 Å². The Morgan fingerprint density at radius 1 is 0.967 bits per heavy atom. The van der Waals surface area contributed by atoms with Gasteiger partial charge in [-0.05, 0) is 82.4 Å². The summed E-state index contributed by atoms with van der Waals surface area (Å²) >= 11 is 0. The topological polar surface area (TPSA) is 61.4 Å². The number of piperidine rings is 1. The summed E-state index contributed by atoms with van der Waals surface area (Å²) in [5, 5.41) is 6.14. The molecule has 160 valence electrons. The molecule has 30 heavy (non-hydrogen) atoms. The van der Waals surface area contributed by atoms with E-state index in [1.165, 1.54) is 0 Å². The van der Waals surface area contributed by atoms with Crippen LogP contribution in [0.5, 0.6) is 0 Å². The molecular weight excluding hydrogens is 374 g/mol. The molecule has 1 unspecified atom stereocenters. The van der Waals surface area contributed by atoms with Crippen LogP contribution in [0.1, 0.15) is 49.4 Å². The number of likely N-dealkylation sites (tertiary alicyclic amines) is 1. The van der Waals surface area contributed by atoms with Gasteiger partial charge in [-0.2, -0.15) is 0 Å². The number of nitrogens with one attached hydrogen (secondary N) is 2. The van der Waals surface area contributed by atoms with Gasteiger partial charge in [0, 0.05) is 17.6 Å². The van der Waals surface area contributed by atoms with E-state index in [1.54, 1.807) is 0 Å². The van der Waals surface area contributed by atoms with Crippen molar-refractivity contribution in [3.8, 4) is 0 Å². The molecule has 5 heteroatoms. The largest absolute Gasteiger partial charge is 0.354 e. The summed E-state index contributed by atoms with van der Waals surface area (Å²) in [6, 6.07) is 15.8. The molecule has 0 radical (unpaired) electrons. The number of amides is 2. The standard InChI is InChI=1S/C25H33N3O2/c1-17(2)26-24(29)21-10-12-28(13-11-21)23(20-8-6-5-7-9-20)25(30)27-22-15-18(3)14-19(4)16-22/h5-9,14-17,21,23H,10-13H2,1-4H3,(H,26,29)(H,27,30). The Morgan fingerprint density at radius 2 is 1.57 bits per heavy atom. The van der Waals surface area contributed by atoms with Crippen LogP contribution >= 0.6 is 0 Å². The van der Waals surface area contributed by atoms with Crippen LogP contribution in [-0.2, 0) is 9.59 Å². The molecule has 1 atom stereocenters. The average Bonchev–Trinajstić information content (AvgIpc) is 2.68. The zero-order valence-electron chi connectivity index (χ0n) is 18.4. The van der Waals surface area contributed by atoms with Crippen LogP contribution in [0.3, 0.4) is 0 Å². The molecule has 1 fully saturated rings. The van der Waals surface area contributed by atoms with Gasteiger partial charge in [-0.3, -0.25) is 14.5 Å². The molecule has 0 bridgehead atoms. The van der Waals surface area contributed by atoms with Crippen LogP contribution in [0, 0.1) is 19.8 Å². The summed E-state index contributed by atoms with van der Waals surface area (Å²) in [7, 11) is 0. The Bertz CT molecular complexity index is 851. The van der Waals surface area contributed by atoms with Crippen molar-refractivity contribution in [2.45, 2.75) is 52.6 Å². The molecular formula is C25H33N3O2. The van der Waals surface area contributed by atoms with Gasteiger partial charge in [0.25, 0.3) is 0 Å². The Morgan fingerprint density at radius 3 is 2.13 bits per heavy atom. The molecule has 3 rings (SSSR count). The lowest BCUT2D eigenvalue weighted by Gasteiger charge is -2.36. The predicted octanol–water partition coefficient (Wildman–Crippen LogP) is 4.22. The maximum absolute atomic E-state index is 13.4. The molecule has 0 saturated carbocycles. The van der Waals surface area contributed by atoms with E-state index in [2.05, 4.69) is 21.6 Å². The number of benzene rings is 2. The summed E-state index contributed by atoms with van der Waals surface area (Å²) in [6.45, 7) is 9.46. The zero-order valence-corrected chi connectivity index (χ0v) is 18.4. The van der Waals surface area contributed by atoms with Gasteiger partial charge < -0.3 is 10.6 Å².